The van der Waals surface area contributed by atoms with Crippen LogP contribution in [0, 0.1) is 5.92 Å². The number of aromatic nitrogens is 5. The number of nitrogen functional groups attached to an aromatic ring is 1. The van der Waals surface area contributed by atoms with Crippen LogP contribution < -0.4 is 10.6 Å². The third kappa shape index (κ3) is 4.86. The van der Waals surface area contributed by atoms with Gasteiger partial charge in [-0.2, -0.15) is 19.5 Å². The number of hydrogen-bond acceptors (Lipinski definition) is 9. The minimum atomic E-state index is -0.868. The molecule has 1 unspecified atom stereocenters. The molecule has 2 aliphatic heterocycles. The largest absolute Gasteiger partial charge is 0.478 e. The van der Waals surface area contributed by atoms with Crippen molar-refractivity contribution in [2.24, 2.45) is 5.92 Å². The van der Waals surface area contributed by atoms with E-state index in [1.165, 1.54) is 10.9 Å². The summed E-state index contributed by atoms with van der Waals surface area (Å²) in [5, 5.41) is 13.7. The number of nitrogens with two attached hydrogens (primary N) is 1. The van der Waals surface area contributed by atoms with Crippen LogP contribution in [0.2, 0.25) is 0 Å². The molecule has 2 fully saturated rings. The molecule has 1 aromatic carbocycles. The summed E-state index contributed by atoms with van der Waals surface area (Å²) in [6.45, 7) is 4.82. The number of carboxylic acids is 1. The van der Waals surface area contributed by atoms with Crippen LogP contribution in [0.5, 0.6) is 0 Å². The van der Waals surface area contributed by atoms with E-state index in [0.717, 1.165) is 57.5 Å². The number of furan rings is 1. The molecule has 5 heterocycles. The number of fused-ring (bicyclic) bond motifs is 1. The Hall–Kier alpha value is -3.99. The van der Waals surface area contributed by atoms with Crippen molar-refractivity contribution in [3.05, 3.63) is 53.8 Å². The lowest BCUT2D eigenvalue weighted by Crippen LogP contribution is -2.43. The Labute approximate surface area is 213 Å². The Bertz CT molecular complexity index is 1390. The molecule has 2 aliphatic rings. The molecule has 3 aromatic heterocycles. The average Bonchev–Trinajstić information content (AvgIpc) is 3.60. The molecule has 11 nitrogen and oxygen atoms in total. The molecule has 3 N–H and O–H groups in total. The second-order valence-corrected chi connectivity index (χ2v) is 9.97. The van der Waals surface area contributed by atoms with Crippen molar-refractivity contribution >= 4 is 23.6 Å². The second kappa shape index (κ2) is 9.81. The standard InChI is InChI=1S/C26H30N8O3/c27-24-29-25(30-26-28-22(31-34(24)26)21-7-3-13-37-21)33-10-2-4-17(16-33)15-32-11-8-18(9-12-32)19-5-1-6-20(14-19)23(35)36/h1,3,5-7,13-14,17-18H,2,4,8-12,15-16H2,(H,35,36)(H2,27,28,29,30,31). The first-order valence-electron chi connectivity index (χ1n) is 12.8. The topological polar surface area (TPSA) is 139 Å². The van der Waals surface area contributed by atoms with Crippen LogP contribution in [0.3, 0.4) is 0 Å². The van der Waals surface area contributed by atoms with Gasteiger partial charge in [0.2, 0.25) is 17.7 Å². The van der Waals surface area contributed by atoms with E-state index in [9.17, 15) is 9.90 Å². The lowest BCUT2D eigenvalue weighted by molar-refractivity contribution is 0.0696. The number of carbonyl (C=O) groups is 1. The quantitative estimate of drug-likeness (QED) is 0.404. The molecule has 37 heavy (non-hydrogen) atoms. The molecule has 0 radical (unpaired) electrons. The van der Waals surface area contributed by atoms with Crippen LogP contribution in [0.4, 0.5) is 11.9 Å². The summed E-state index contributed by atoms with van der Waals surface area (Å²) >= 11 is 0. The molecule has 6 rings (SSSR count). The summed E-state index contributed by atoms with van der Waals surface area (Å²) in [4.78, 5) is 29.8. The maximum atomic E-state index is 11.3. The molecule has 2 saturated heterocycles. The molecule has 0 spiro atoms. The Morgan fingerprint density at radius 2 is 1.95 bits per heavy atom. The molecule has 192 valence electrons. The molecule has 0 saturated carbocycles. The van der Waals surface area contributed by atoms with Crippen molar-refractivity contribution in [2.45, 2.75) is 31.6 Å². The minimum absolute atomic E-state index is 0.251. The minimum Gasteiger partial charge on any atom is -0.478 e. The van der Waals surface area contributed by atoms with Crippen molar-refractivity contribution in [3.63, 3.8) is 0 Å². The molecule has 0 bridgehead atoms. The average molecular weight is 503 g/mol. The SMILES string of the molecule is Nc1nc(N2CCCC(CN3CCC(c4cccc(C(=O)O)c4)CC3)C2)nc2nc(-c3ccco3)nn12. The van der Waals surface area contributed by atoms with E-state index >= 15 is 0 Å². The molecule has 1 atom stereocenters. The van der Waals surface area contributed by atoms with Crippen molar-refractivity contribution in [2.75, 3.05) is 43.4 Å². The van der Waals surface area contributed by atoms with E-state index in [4.69, 9.17) is 10.2 Å². The summed E-state index contributed by atoms with van der Waals surface area (Å²) in [7, 11) is 0. The number of carboxylic acid groups (broad SMARTS) is 1. The van der Waals surface area contributed by atoms with Gasteiger partial charge in [0.15, 0.2) is 5.76 Å². The highest BCUT2D eigenvalue weighted by molar-refractivity contribution is 5.87. The molecular formula is C26H30N8O3. The number of nitrogens with zero attached hydrogens (tertiary/aromatic N) is 7. The highest BCUT2D eigenvalue weighted by Crippen LogP contribution is 2.30. The highest BCUT2D eigenvalue weighted by Gasteiger charge is 2.28. The number of piperidine rings is 2. The lowest BCUT2D eigenvalue weighted by atomic mass is 9.88. The predicted octanol–water partition coefficient (Wildman–Crippen LogP) is 3.16. The van der Waals surface area contributed by atoms with Gasteiger partial charge < -0.3 is 25.1 Å². The molecule has 0 amide bonds. The maximum absolute atomic E-state index is 11.3. The van der Waals surface area contributed by atoms with Gasteiger partial charge in [-0.3, -0.25) is 0 Å². The van der Waals surface area contributed by atoms with Gasteiger partial charge in [-0.25, -0.2) is 4.79 Å². The molecule has 11 heteroatoms. The lowest BCUT2D eigenvalue weighted by Gasteiger charge is -2.38. The number of hydrogen-bond donors (Lipinski definition) is 2. The van der Waals surface area contributed by atoms with Gasteiger partial charge in [-0.1, -0.05) is 12.1 Å². The van der Waals surface area contributed by atoms with E-state index in [2.05, 4.69) is 35.9 Å². The van der Waals surface area contributed by atoms with E-state index in [1.54, 1.807) is 24.5 Å². The van der Waals surface area contributed by atoms with Crippen molar-refractivity contribution < 1.29 is 14.3 Å². The van der Waals surface area contributed by atoms with Gasteiger partial charge in [0.25, 0.3) is 5.78 Å². The Morgan fingerprint density at radius 3 is 2.73 bits per heavy atom. The van der Waals surface area contributed by atoms with Crippen LogP contribution >= 0.6 is 0 Å². The molecule has 0 aliphatic carbocycles. The maximum Gasteiger partial charge on any atom is 0.335 e. The summed E-state index contributed by atoms with van der Waals surface area (Å²) in [6.07, 6.45) is 5.90. The van der Waals surface area contributed by atoms with Gasteiger partial charge in [-0.15, -0.1) is 5.10 Å². The van der Waals surface area contributed by atoms with Gasteiger partial charge in [0, 0.05) is 19.6 Å². The van der Waals surface area contributed by atoms with E-state index in [1.807, 2.05) is 12.1 Å². The first-order chi connectivity index (χ1) is 18.0. The summed E-state index contributed by atoms with van der Waals surface area (Å²) < 4.78 is 6.85. The van der Waals surface area contributed by atoms with Gasteiger partial charge in [0.1, 0.15) is 0 Å². The van der Waals surface area contributed by atoms with Gasteiger partial charge >= 0.3 is 5.97 Å². The molecule has 4 aromatic rings. The predicted molar refractivity (Wildman–Crippen MR) is 137 cm³/mol. The van der Waals surface area contributed by atoms with E-state index in [-0.39, 0.29) is 5.95 Å². The third-order valence-electron chi connectivity index (χ3n) is 7.47. The summed E-state index contributed by atoms with van der Waals surface area (Å²) in [6, 6.07) is 11.0. The van der Waals surface area contributed by atoms with Crippen molar-refractivity contribution in [1.29, 1.82) is 0 Å². The molecular weight excluding hydrogens is 472 g/mol. The van der Waals surface area contributed by atoms with Crippen LogP contribution in [0.15, 0.2) is 47.1 Å². The van der Waals surface area contributed by atoms with Crippen LogP contribution in [0.25, 0.3) is 17.4 Å². The van der Waals surface area contributed by atoms with Crippen molar-refractivity contribution in [1.82, 2.24) is 29.5 Å². The summed E-state index contributed by atoms with van der Waals surface area (Å²) in [5.41, 5.74) is 7.72. The zero-order valence-electron chi connectivity index (χ0n) is 20.5. The highest BCUT2D eigenvalue weighted by atomic mass is 16.4. The van der Waals surface area contributed by atoms with Gasteiger partial charge in [0.05, 0.1) is 11.8 Å². The monoisotopic (exact) mass is 502 g/mol. The summed E-state index contributed by atoms with van der Waals surface area (Å²) in [5.74, 6) is 2.29. The van der Waals surface area contributed by atoms with Crippen LogP contribution in [0.1, 0.15) is 47.5 Å². The number of anilines is 2. The van der Waals surface area contributed by atoms with Crippen LogP contribution in [-0.4, -0.2) is 73.3 Å². The second-order valence-electron chi connectivity index (χ2n) is 9.97. The van der Waals surface area contributed by atoms with E-state index < -0.39 is 5.97 Å². The van der Waals surface area contributed by atoms with Crippen LogP contribution in [-0.2, 0) is 0 Å². The number of aromatic carboxylic acids is 1. The fourth-order valence-corrected chi connectivity index (χ4v) is 5.58. The Morgan fingerprint density at radius 1 is 1.08 bits per heavy atom. The zero-order chi connectivity index (χ0) is 25.4. The van der Waals surface area contributed by atoms with Crippen molar-refractivity contribution in [3.8, 4) is 11.6 Å². The number of rotatable bonds is 6. The smallest absolute Gasteiger partial charge is 0.335 e. The third-order valence-corrected chi connectivity index (χ3v) is 7.47. The zero-order valence-corrected chi connectivity index (χ0v) is 20.5. The first-order valence-corrected chi connectivity index (χ1v) is 12.8. The van der Waals surface area contributed by atoms with E-state index in [0.29, 0.717) is 40.7 Å². The normalized spacial score (nSPS) is 19.5. The fraction of sp³-hybridized carbons (Fsp3) is 0.423. The Kier molecular flexibility index (Phi) is 6.21. The Balaban J connectivity index is 1.09. The van der Waals surface area contributed by atoms with Gasteiger partial charge in [-0.05, 0) is 80.4 Å². The number of likely N-dealkylation sites (tertiary alicyclic amines) is 1. The number of benzene rings is 1. The first kappa shape index (κ1) is 23.4. The fourth-order valence-electron chi connectivity index (χ4n) is 5.58.